The molecule has 0 heterocycles. The summed E-state index contributed by atoms with van der Waals surface area (Å²) >= 11 is 7.30. The lowest BCUT2D eigenvalue weighted by molar-refractivity contribution is -0.118. The molecular formula is C18H20ClNO3S. The van der Waals surface area contributed by atoms with E-state index in [2.05, 4.69) is 5.32 Å². The lowest BCUT2D eigenvalue weighted by Crippen LogP contribution is -2.29. The van der Waals surface area contributed by atoms with Gasteiger partial charge in [0.2, 0.25) is 5.91 Å². The number of halogens is 1. The Labute approximate surface area is 151 Å². The van der Waals surface area contributed by atoms with Gasteiger partial charge in [-0.1, -0.05) is 11.6 Å². The van der Waals surface area contributed by atoms with Crippen LogP contribution in [0, 0.1) is 0 Å². The lowest BCUT2D eigenvalue weighted by atomic mass is 10.3. The normalized spacial score (nSPS) is 10.2. The third-order valence-corrected chi connectivity index (χ3v) is 4.28. The van der Waals surface area contributed by atoms with Crippen LogP contribution < -0.4 is 14.8 Å². The molecule has 0 fully saturated rings. The van der Waals surface area contributed by atoms with Crippen LogP contribution in [0.25, 0.3) is 0 Å². The van der Waals surface area contributed by atoms with Gasteiger partial charge in [-0.25, -0.2) is 0 Å². The van der Waals surface area contributed by atoms with Crippen LogP contribution in [0.5, 0.6) is 11.5 Å². The van der Waals surface area contributed by atoms with Crippen LogP contribution >= 0.6 is 23.4 Å². The first-order valence-electron chi connectivity index (χ1n) is 7.68. The average molecular weight is 366 g/mol. The molecule has 2 aromatic carbocycles. The minimum Gasteiger partial charge on any atom is -0.494 e. The Morgan fingerprint density at radius 3 is 2.29 bits per heavy atom. The van der Waals surface area contributed by atoms with Crippen LogP contribution in [0.2, 0.25) is 5.02 Å². The molecule has 1 amide bonds. The molecule has 0 atom stereocenters. The van der Waals surface area contributed by atoms with Crippen molar-refractivity contribution in [3.63, 3.8) is 0 Å². The highest BCUT2D eigenvalue weighted by Gasteiger charge is 2.03. The molecule has 2 aromatic rings. The molecule has 0 saturated heterocycles. The molecule has 0 spiro atoms. The Bertz CT molecular complexity index is 632. The van der Waals surface area contributed by atoms with Gasteiger partial charge in [0.15, 0.2) is 0 Å². The van der Waals surface area contributed by atoms with Crippen molar-refractivity contribution in [1.29, 1.82) is 0 Å². The molecule has 0 saturated carbocycles. The van der Waals surface area contributed by atoms with Crippen molar-refractivity contribution < 1.29 is 14.3 Å². The number of ether oxygens (including phenoxy) is 2. The van der Waals surface area contributed by atoms with E-state index in [1.807, 2.05) is 55.5 Å². The zero-order valence-electron chi connectivity index (χ0n) is 13.5. The van der Waals surface area contributed by atoms with E-state index in [0.29, 0.717) is 30.5 Å². The Morgan fingerprint density at radius 2 is 1.67 bits per heavy atom. The summed E-state index contributed by atoms with van der Waals surface area (Å²) in [6.45, 7) is 3.47. The first-order chi connectivity index (χ1) is 11.7. The van der Waals surface area contributed by atoms with Crippen molar-refractivity contribution in [3.05, 3.63) is 53.6 Å². The fourth-order valence-corrected chi connectivity index (χ4v) is 2.74. The fourth-order valence-electron chi connectivity index (χ4n) is 1.89. The van der Waals surface area contributed by atoms with Crippen LogP contribution in [-0.4, -0.2) is 31.4 Å². The molecule has 0 unspecified atom stereocenters. The van der Waals surface area contributed by atoms with E-state index >= 15 is 0 Å². The SMILES string of the molecule is CCOc1ccc(OCCNC(=O)CSc2ccc(Cl)cc2)cc1. The lowest BCUT2D eigenvalue weighted by Gasteiger charge is -2.09. The highest BCUT2D eigenvalue weighted by Crippen LogP contribution is 2.20. The second-order valence-corrected chi connectivity index (χ2v) is 6.33. The number of amides is 1. The van der Waals surface area contributed by atoms with Gasteiger partial charge in [0.1, 0.15) is 18.1 Å². The van der Waals surface area contributed by atoms with Gasteiger partial charge in [0.05, 0.1) is 18.9 Å². The number of nitrogens with one attached hydrogen (secondary N) is 1. The molecule has 0 aliphatic carbocycles. The van der Waals surface area contributed by atoms with Gasteiger partial charge in [-0.15, -0.1) is 11.8 Å². The molecule has 0 aliphatic rings. The van der Waals surface area contributed by atoms with Gasteiger partial charge in [0.25, 0.3) is 0 Å². The number of rotatable bonds is 9. The minimum atomic E-state index is -0.0229. The average Bonchev–Trinajstić information content (AvgIpc) is 2.60. The molecule has 0 aliphatic heterocycles. The molecule has 4 nitrogen and oxygen atoms in total. The van der Waals surface area contributed by atoms with Crippen molar-refractivity contribution in [2.45, 2.75) is 11.8 Å². The van der Waals surface area contributed by atoms with E-state index in [0.717, 1.165) is 16.4 Å². The topological polar surface area (TPSA) is 47.6 Å². The van der Waals surface area contributed by atoms with Crippen LogP contribution in [-0.2, 0) is 4.79 Å². The smallest absolute Gasteiger partial charge is 0.230 e. The van der Waals surface area contributed by atoms with E-state index < -0.39 is 0 Å². The second-order valence-electron chi connectivity index (χ2n) is 4.85. The van der Waals surface area contributed by atoms with Gasteiger partial charge in [-0.2, -0.15) is 0 Å². The largest absolute Gasteiger partial charge is 0.494 e. The van der Waals surface area contributed by atoms with Gasteiger partial charge < -0.3 is 14.8 Å². The molecule has 0 bridgehead atoms. The zero-order chi connectivity index (χ0) is 17.2. The molecule has 1 N–H and O–H groups in total. The highest BCUT2D eigenvalue weighted by molar-refractivity contribution is 8.00. The summed E-state index contributed by atoms with van der Waals surface area (Å²) in [5, 5.41) is 3.52. The minimum absolute atomic E-state index is 0.0229. The summed E-state index contributed by atoms with van der Waals surface area (Å²) in [6, 6.07) is 14.8. The van der Waals surface area contributed by atoms with Crippen LogP contribution in [0.3, 0.4) is 0 Å². The maximum absolute atomic E-state index is 11.8. The fraction of sp³-hybridized carbons (Fsp3) is 0.278. The first kappa shape index (κ1) is 18.5. The molecule has 0 radical (unpaired) electrons. The van der Waals surface area contributed by atoms with Gasteiger partial charge in [-0.3, -0.25) is 4.79 Å². The van der Waals surface area contributed by atoms with Gasteiger partial charge >= 0.3 is 0 Å². The molecular weight excluding hydrogens is 346 g/mol. The van der Waals surface area contributed by atoms with E-state index in [1.54, 1.807) is 0 Å². The molecule has 24 heavy (non-hydrogen) atoms. The van der Waals surface area contributed by atoms with Crippen molar-refractivity contribution in [1.82, 2.24) is 5.32 Å². The first-order valence-corrected chi connectivity index (χ1v) is 9.04. The summed E-state index contributed by atoms with van der Waals surface area (Å²) in [5.41, 5.74) is 0. The molecule has 128 valence electrons. The van der Waals surface area contributed by atoms with Crippen LogP contribution in [0.4, 0.5) is 0 Å². The van der Waals surface area contributed by atoms with E-state index in [-0.39, 0.29) is 5.91 Å². The number of hydrogen-bond acceptors (Lipinski definition) is 4. The number of benzene rings is 2. The summed E-state index contributed by atoms with van der Waals surface area (Å²) in [6.07, 6.45) is 0. The Kier molecular flexibility index (Phi) is 7.79. The number of hydrogen-bond donors (Lipinski definition) is 1. The van der Waals surface area contributed by atoms with E-state index in [4.69, 9.17) is 21.1 Å². The second kappa shape index (κ2) is 10.1. The van der Waals surface area contributed by atoms with Crippen molar-refractivity contribution in [3.8, 4) is 11.5 Å². The van der Waals surface area contributed by atoms with Crippen molar-refractivity contribution >= 4 is 29.3 Å². The third kappa shape index (κ3) is 6.72. The molecule has 2 rings (SSSR count). The predicted molar refractivity (Wildman–Crippen MR) is 98.3 cm³/mol. The predicted octanol–water partition coefficient (Wildman–Crippen LogP) is 4.03. The standard InChI is InChI=1S/C18H20ClNO3S/c1-2-22-15-5-7-16(8-6-15)23-12-11-20-18(21)13-24-17-9-3-14(19)4-10-17/h3-10H,2,11-13H2,1H3,(H,20,21). The third-order valence-electron chi connectivity index (χ3n) is 3.01. The van der Waals surface area contributed by atoms with E-state index in [1.165, 1.54) is 11.8 Å². The van der Waals surface area contributed by atoms with Crippen molar-refractivity contribution in [2.24, 2.45) is 0 Å². The molecule has 6 heteroatoms. The summed E-state index contributed by atoms with van der Waals surface area (Å²) < 4.78 is 10.9. The summed E-state index contributed by atoms with van der Waals surface area (Å²) in [7, 11) is 0. The monoisotopic (exact) mass is 365 g/mol. The van der Waals surface area contributed by atoms with Crippen molar-refractivity contribution in [2.75, 3.05) is 25.5 Å². The maximum Gasteiger partial charge on any atom is 0.230 e. The Morgan fingerprint density at radius 1 is 1.04 bits per heavy atom. The zero-order valence-corrected chi connectivity index (χ0v) is 15.0. The Balaban J connectivity index is 1.61. The number of thioether (sulfide) groups is 1. The van der Waals surface area contributed by atoms with Crippen LogP contribution in [0.15, 0.2) is 53.4 Å². The summed E-state index contributed by atoms with van der Waals surface area (Å²) in [5.74, 6) is 1.91. The summed E-state index contributed by atoms with van der Waals surface area (Å²) in [4.78, 5) is 12.8. The van der Waals surface area contributed by atoms with E-state index in [9.17, 15) is 4.79 Å². The Hall–Kier alpha value is -1.85. The highest BCUT2D eigenvalue weighted by atomic mass is 35.5. The number of carbonyl (C=O) groups excluding carboxylic acids is 1. The quantitative estimate of drug-likeness (QED) is 0.538. The molecule has 0 aromatic heterocycles. The van der Waals surface area contributed by atoms with Gasteiger partial charge in [-0.05, 0) is 55.5 Å². The van der Waals surface area contributed by atoms with Crippen LogP contribution in [0.1, 0.15) is 6.92 Å². The van der Waals surface area contributed by atoms with Gasteiger partial charge in [0, 0.05) is 9.92 Å². The number of carbonyl (C=O) groups is 1. The maximum atomic E-state index is 11.8.